The molecular weight excluding hydrogens is 212 g/mol. The molecule has 1 aromatic rings. The van der Waals surface area contributed by atoms with Crippen molar-refractivity contribution in [3.05, 3.63) is 35.4 Å². The number of ether oxygens (including phenoxy) is 1. The molecule has 0 radical (unpaired) electrons. The van der Waals surface area contributed by atoms with Gasteiger partial charge in [-0.3, -0.25) is 11.3 Å². The van der Waals surface area contributed by atoms with Gasteiger partial charge in [0.2, 0.25) is 0 Å². The Bertz CT molecular complexity index is 369. The van der Waals surface area contributed by atoms with Gasteiger partial charge in [-0.25, -0.2) is 0 Å². The van der Waals surface area contributed by atoms with Crippen LogP contribution in [0, 0.1) is 6.92 Å². The Morgan fingerprint density at radius 2 is 2.24 bits per heavy atom. The van der Waals surface area contributed by atoms with Gasteiger partial charge in [-0.2, -0.15) is 0 Å². The van der Waals surface area contributed by atoms with Crippen molar-refractivity contribution in [1.29, 1.82) is 0 Å². The van der Waals surface area contributed by atoms with E-state index in [1.165, 1.54) is 17.5 Å². The highest BCUT2D eigenvalue weighted by Crippen LogP contribution is 2.41. The van der Waals surface area contributed by atoms with Crippen LogP contribution in [0.15, 0.2) is 24.3 Å². The van der Waals surface area contributed by atoms with Crippen LogP contribution in [0.3, 0.4) is 0 Å². The summed E-state index contributed by atoms with van der Waals surface area (Å²) in [5.74, 6) is 5.69. The zero-order valence-corrected chi connectivity index (χ0v) is 10.7. The standard InChI is InChI=1S/C14H22N2O/c1-11-5-3-6-12(9-11)13(16-15)10-14(17-2)7-4-8-14/h3,5-6,9,13,16H,4,7-8,10,15H2,1-2H3. The number of hydrogen-bond donors (Lipinski definition) is 2. The summed E-state index contributed by atoms with van der Waals surface area (Å²) < 4.78 is 5.66. The summed E-state index contributed by atoms with van der Waals surface area (Å²) in [6.07, 6.45) is 4.50. The van der Waals surface area contributed by atoms with Crippen molar-refractivity contribution < 1.29 is 4.74 Å². The molecule has 2 rings (SSSR count). The summed E-state index contributed by atoms with van der Waals surface area (Å²) in [5.41, 5.74) is 5.48. The number of aryl methyl sites for hydroxylation is 1. The third-order valence-electron chi connectivity index (χ3n) is 3.92. The minimum atomic E-state index is 0.0424. The molecular formula is C14H22N2O. The van der Waals surface area contributed by atoms with E-state index in [0.29, 0.717) is 0 Å². The maximum Gasteiger partial charge on any atom is 0.0697 e. The maximum atomic E-state index is 5.69. The van der Waals surface area contributed by atoms with Gasteiger partial charge in [-0.15, -0.1) is 0 Å². The quantitative estimate of drug-likeness (QED) is 0.607. The minimum Gasteiger partial charge on any atom is -0.378 e. The van der Waals surface area contributed by atoms with E-state index in [-0.39, 0.29) is 11.6 Å². The molecule has 1 aliphatic rings. The molecule has 1 aromatic carbocycles. The molecule has 0 aromatic heterocycles. The van der Waals surface area contributed by atoms with E-state index in [9.17, 15) is 0 Å². The number of rotatable bonds is 5. The Morgan fingerprint density at radius 3 is 2.71 bits per heavy atom. The Balaban J connectivity index is 2.11. The van der Waals surface area contributed by atoms with Crippen LogP contribution in [0.4, 0.5) is 0 Å². The lowest BCUT2D eigenvalue weighted by Crippen LogP contribution is -2.44. The van der Waals surface area contributed by atoms with Crippen molar-refractivity contribution in [1.82, 2.24) is 5.43 Å². The van der Waals surface area contributed by atoms with Gasteiger partial charge in [-0.05, 0) is 38.2 Å². The SMILES string of the molecule is COC1(CC(NN)c2cccc(C)c2)CCC1. The van der Waals surface area contributed by atoms with E-state index in [1.807, 2.05) is 7.11 Å². The number of hydrogen-bond acceptors (Lipinski definition) is 3. The predicted molar refractivity (Wildman–Crippen MR) is 69.5 cm³/mol. The number of nitrogens with two attached hydrogens (primary N) is 1. The average molecular weight is 234 g/mol. The highest BCUT2D eigenvalue weighted by molar-refractivity contribution is 5.25. The molecule has 0 aliphatic heterocycles. The first kappa shape index (κ1) is 12.6. The normalized spacial score (nSPS) is 19.7. The molecule has 1 saturated carbocycles. The maximum absolute atomic E-state index is 5.69. The molecule has 3 nitrogen and oxygen atoms in total. The van der Waals surface area contributed by atoms with Crippen molar-refractivity contribution in [2.24, 2.45) is 5.84 Å². The number of benzene rings is 1. The molecule has 1 atom stereocenters. The summed E-state index contributed by atoms with van der Waals surface area (Å²) in [6.45, 7) is 2.10. The third kappa shape index (κ3) is 2.68. The first-order valence-corrected chi connectivity index (χ1v) is 6.27. The van der Waals surface area contributed by atoms with Gasteiger partial charge in [0.1, 0.15) is 0 Å². The summed E-state index contributed by atoms with van der Waals surface area (Å²) in [6, 6.07) is 8.67. The van der Waals surface area contributed by atoms with E-state index >= 15 is 0 Å². The molecule has 1 unspecified atom stereocenters. The second-order valence-electron chi connectivity index (χ2n) is 5.08. The molecule has 0 saturated heterocycles. The molecule has 94 valence electrons. The van der Waals surface area contributed by atoms with Crippen molar-refractivity contribution in [2.75, 3.05) is 7.11 Å². The van der Waals surface area contributed by atoms with Gasteiger partial charge in [0.05, 0.1) is 5.60 Å². The van der Waals surface area contributed by atoms with Crippen LogP contribution in [-0.2, 0) is 4.74 Å². The van der Waals surface area contributed by atoms with E-state index in [2.05, 4.69) is 36.6 Å². The predicted octanol–water partition coefficient (Wildman–Crippen LogP) is 2.46. The van der Waals surface area contributed by atoms with Crippen molar-refractivity contribution in [3.63, 3.8) is 0 Å². The number of nitrogens with one attached hydrogen (secondary N) is 1. The lowest BCUT2D eigenvalue weighted by Gasteiger charge is -2.42. The van der Waals surface area contributed by atoms with Gasteiger partial charge in [0, 0.05) is 13.2 Å². The molecule has 1 fully saturated rings. The first-order chi connectivity index (χ1) is 8.19. The zero-order chi connectivity index (χ0) is 12.3. The second kappa shape index (κ2) is 5.17. The van der Waals surface area contributed by atoms with Crippen LogP contribution in [0.25, 0.3) is 0 Å². The first-order valence-electron chi connectivity index (χ1n) is 6.27. The highest BCUT2D eigenvalue weighted by Gasteiger charge is 2.39. The monoisotopic (exact) mass is 234 g/mol. The lowest BCUT2D eigenvalue weighted by molar-refractivity contribution is -0.0838. The zero-order valence-electron chi connectivity index (χ0n) is 10.7. The van der Waals surface area contributed by atoms with Crippen molar-refractivity contribution in [2.45, 2.75) is 44.2 Å². The minimum absolute atomic E-state index is 0.0424. The van der Waals surface area contributed by atoms with Gasteiger partial charge in [-0.1, -0.05) is 29.8 Å². The smallest absolute Gasteiger partial charge is 0.0697 e. The topological polar surface area (TPSA) is 47.3 Å². The van der Waals surface area contributed by atoms with E-state index in [4.69, 9.17) is 10.6 Å². The molecule has 0 bridgehead atoms. The summed E-state index contributed by atoms with van der Waals surface area (Å²) in [4.78, 5) is 0. The second-order valence-corrected chi connectivity index (χ2v) is 5.08. The van der Waals surface area contributed by atoms with Crippen molar-refractivity contribution in [3.8, 4) is 0 Å². The summed E-state index contributed by atoms with van der Waals surface area (Å²) in [5, 5.41) is 0. The fraction of sp³-hybridized carbons (Fsp3) is 0.571. The van der Waals surface area contributed by atoms with E-state index in [1.54, 1.807) is 0 Å². The Morgan fingerprint density at radius 1 is 1.47 bits per heavy atom. The molecule has 17 heavy (non-hydrogen) atoms. The van der Waals surface area contributed by atoms with Gasteiger partial charge >= 0.3 is 0 Å². The largest absolute Gasteiger partial charge is 0.378 e. The summed E-state index contributed by atoms with van der Waals surface area (Å²) >= 11 is 0. The van der Waals surface area contributed by atoms with Crippen molar-refractivity contribution >= 4 is 0 Å². The lowest BCUT2D eigenvalue weighted by atomic mass is 9.74. The Hall–Kier alpha value is -0.900. The molecule has 0 amide bonds. The van der Waals surface area contributed by atoms with Crippen LogP contribution in [0.2, 0.25) is 0 Å². The molecule has 0 spiro atoms. The number of methoxy groups -OCH3 is 1. The fourth-order valence-corrected chi connectivity index (χ4v) is 2.59. The van der Waals surface area contributed by atoms with Gasteiger partial charge in [0.15, 0.2) is 0 Å². The summed E-state index contributed by atoms with van der Waals surface area (Å²) in [7, 11) is 1.81. The van der Waals surface area contributed by atoms with Crippen LogP contribution < -0.4 is 11.3 Å². The van der Waals surface area contributed by atoms with E-state index in [0.717, 1.165) is 19.3 Å². The van der Waals surface area contributed by atoms with Gasteiger partial charge in [0.25, 0.3) is 0 Å². The Labute approximate surface area is 103 Å². The molecule has 3 N–H and O–H groups in total. The third-order valence-corrected chi connectivity index (χ3v) is 3.92. The van der Waals surface area contributed by atoms with Crippen LogP contribution in [0.5, 0.6) is 0 Å². The number of hydrazine groups is 1. The highest BCUT2D eigenvalue weighted by atomic mass is 16.5. The average Bonchev–Trinajstić information content (AvgIpc) is 2.29. The van der Waals surface area contributed by atoms with Crippen LogP contribution in [-0.4, -0.2) is 12.7 Å². The molecule has 3 heteroatoms. The van der Waals surface area contributed by atoms with Gasteiger partial charge < -0.3 is 4.74 Å². The molecule has 1 aliphatic carbocycles. The fourth-order valence-electron chi connectivity index (χ4n) is 2.59. The van der Waals surface area contributed by atoms with Crippen LogP contribution in [0.1, 0.15) is 42.9 Å². The van der Waals surface area contributed by atoms with E-state index < -0.39 is 0 Å². The molecule has 0 heterocycles. The Kier molecular flexibility index (Phi) is 3.82. The van der Waals surface area contributed by atoms with Crippen LogP contribution >= 0.6 is 0 Å².